The first-order chi connectivity index (χ1) is 12.7. The first kappa shape index (κ1) is 16.4. The molecular weight excluding hydrogens is 328 g/mol. The molecule has 3 heterocycles. The summed E-state index contributed by atoms with van der Waals surface area (Å²) in [5.74, 6) is 2.44. The Hall–Kier alpha value is -3.03. The van der Waals surface area contributed by atoms with Gasteiger partial charge in [-0.05, 0) is 31.7 Å². The number of fused-ring (bicyclic) bond motifs is 1. The monoisotopic (exact) mass is 350 g/mol. The Labute approximate surface area is 152 Å². The van der Waals surface area contributed by atoms with E-state index in [1.54, 1.807) is 17.2 Å². The highest BCUT2D eigenvalue weighted by Crippen LogP contribution is 2.27. The molecule has 0 saturated carbocycles. The van der Waals surface area contributed by atoms with Crippen LogP contribution in [0.3, 0.4) is 0 Å². The lowest BCUT2D eigenvalue weighted by atomic mass is 9.96. The second kappa shape index (κ2) is 7.07. The smallest absolute Gasteiger partial charge is 0.227 e. The summed E-state index contributed by atoms with van der Waals surface area (Å²) in [4.78, 5) is 19.9. The maximum Gasteiger partial charge on any atom is 0.227 e. The molecule has 0 saturated heterocycles. The van der Waals surface area contributed by atoms with E-state index in [0.29, 0.717) is 6.54 Å². The molecule has 8 nitrogen and oxygen atoms in total. The Morgan fingerprint density at radius 3 is 2.88 bits per heavy atom. The van der Waals surface area contributed by atoms with Crippen LogP contribution < -0.4 is 10.2 Å². The van der Waals surface area contributed by atoms with E-state index >= 15 is 0 Å². The summed E-state index contributed by atoms with van der Waals surface area (Å²) in [5.41, 5.74) is 3.45. The molecule has 1 aliphatic rings. The van der Waals surface area contributed by atoms with Crippen LogP contribution in [0, 0.1) is 0 Å². The van der Waals surface area contributed by atoms with Crippen LogP contribution in [0.1, 0.15) is 29.7 Å². The average Bonchev–Trinajstić information content (AvgIpc) is 3.20. The molecule has 0 aromatic carbocycles. The molecule has 0 unspecified atom stereocenters. The van der Waals surface area contributed by atoms with E-state index in [2.05, 4.69) is 20.4 Å². The predicted molar refractivity (Wildman–Crippen MR) is 99.5 cm³/mol. The van der Waals surface area contributed by atoms with Crippen molar-refractivity contribution in [2.75, 3.05) is 24.3 Å². The molecule has 0 radical (unpaired) electrons. The van der Waals surface area contributed by atoms with Crippen molar-refractivity contribution in [1.29, 1.82) is 0 Å². The summed E-state index contributed by atoms with van der Waals surface area (Å²) in [5, 5.41) is 7.70. The van der Waals surface area contributed by atoms with Crippen LogP contribution in [0.2, 0.25) is 0 Å². The maximum atomic E-state index is 4.74. The molecule has 26 heavy (non-hydrogen) atoms. The topological polar surface area (TPSA) is 84.7 Å². The first-order valence-corrected chi connectivity index (χ1v) is 8.82. The molecule has 1 N–H and O–H groups in total. The fourth-order valence-corrected chi connectivity index (χ4v) is 3.20. The number of aryl methyl sites for hydroxylation is 1. The van der Waals surface area contributed by atoms with Gasteiger partial charge in [0.25, 0.3) is 0 Å². The van der Waals surface area contributed by atoms with Gasteiger partial charge in [-0.15, -0.1) is 0 Å². The lowest BCUT2D eigenvalue weighted by Crippen LogP contribution is -2.19. The maximum absolute atomic E-state index is 4.74. The van der Waals surface area contributed by atoms with E-state index in [1.807, 2.05) is 31.1 Å². The van der Waals surface area contributed by atoms with Crippen LogP contribution in [-0.4, -0.2) is 43.8 Å². The third kappa shape index (κ3) is 3.22. The Morgan fingerprint density at radius 2 is 2.08 bits per heavy atom. The van der Waals surface area contributed by atoms with Gasteiger partial charge in [0.2, 0.25) is 5.95 Å². The molecule has 3 aromatic rings. The Bertz CT molecular complexity index is 888. The quantitative estimate of drug-likeness (QED) is 0.753. The molecule has 0 amide bonds. The molecule has 1 aliphatic carbocycles. The standard InChI is InChI=1S/C18H22N8/c1-25(2)18-23-15-8-4-3-7-14(15)16(24-18)21-10-13-6-5-9-20-17(13)26-12-19-11-22-26/h5-6,9,11-12H,3-4,7-8,10H2,1-2H3,(H,21,23,24). The van der Waals surface area contributed by atoms with Gasteiger partial charge in [0, 0.05) is 38.0 Å². The van der Waals surface area contributed by atoms with Crippen molar-refractivity contribution in [2.45, 2.75) is 32.2 Å². The average molecular weight is 350 g/mol. The van der Waals surface area contributed by atoms with Crippen molar-refractivity contribution in [3.8, 4) is 5.82 Å². The van der Waals surface area contributed by atoms with Crippen LogP contribution in [0.4, 0.5) is 11.8 Å². The number of pyridine rings is 1. The minimum Gasteiger partial charge on any atom is -0.365 e. The van der Waals surface area contributed by atoms with E-state index in [-0.39, 0.29) is 0 Å². The highest BCUT2D eigenvalue weighted by molar-refractivity contribution is 5.53. The number of anilines is 2. The van der Waals surface area contributed by atoms with Gasteiger partial charge in [-0.3, -0.25) is 0 Å². The zero-order chi connectivity index (χ0) is 17.9. The summed E-state index contributed by atoms with van der Waals surface area (Å²) in [7, 11) is 3.94. The number of hydrogen-bond acceptors (Lipinski definition) is 7. The Balaban J connectivity index is 1.64. The van der Waals surface area contributed by atoms with Gasteiger partial charge in [-0.2, -0.15) is 10.1 Å². The van der Waals surface area contributed by atoms with Crippen molar-refractivity contribution in [3.63, 3.8) is 0 Å². The van der Waals surface area contributed by atoms with E-state index in [0.717, 1.165) is 36.0 Å². The van der Waals surface area contributed by atoms with E-state index < -0.39 is 0 Å². The van der Waals surface area contributed by atoms with Crippen LogP contribution >= 0.6 is 0 Å². The molecular formula is C18H22N8. The zero-order valence-corrected chi connectivity index (χ0v) is 15.1. The van der Waals surface area contributed by atoms with E-state index in [4.69, 9.17) is 9.97 Å². The number of aromatic nitrogens is 6. The van der Waals surface area contributed by atoms with Crippen LogP contribution in [0.25, 0.3) is 5.82 Å². The number of hydrogen-bond donors (Lipinski definition) is 1. The molecule has 134 valence electrons. The summed E-state index contributed by atoms with van der Waals surface area (Å²) >= 11 is 0. The van der Waals surface area contributed by atoms with Gasteiger partial charge in [-0.1, -0.05) is 6.07 Å². The number of nitrogens with one attached hydrogen (secondary N) is 1. The van der Waals surface area contributed by atoms with Crippen molar-refractivity contribution in [3.05, 3.63) is 47.8 Å². The lowest BCUT2D eigenvalue weighted by molar-refractivity contribution is 0.662. The van der Waals surface area contributed by atoms with Gasteiger partial charge >= 0.3 is 0 Å². The number of rotatable bonds is 5. The third-order valence-electron chi connectivity index (χ3n) is 4.52. The fraction of sp³-hybridized carbons (Fsp3) is 0.389. The van der Waals surface area contributed by atoms with Gasteiger partial charge in [0.15, 0.2) is 5.82 Å². The molecule has 0 atom stereocenters. The normalized spacial score (nSPS) is 13.3. The minimum absolute atomic E-state index is 0.610. The van der Waals surface area contributed by atoms with Gasteiger partial charge in [-0.25, -0.2) is 19.6 Å². The molecule has 3 aromatic heterocycles. The fourth-order valence-electron chi connectivity index (χ4n) is 3.20. The van der Waals surface area contributed by atoms with Crippen molar-refractivity contribution in [2.24, 2.45) is 0 Å². The second-order valence-corrected chi connectivity index (χ2v) is 6.58. The van der Waals surface area contributed by atoms with Gasteiger partial charge in [0.05, 0.1) is 5.69 Å². The SMILES string of the molecule is CN(C)c1nc2c(c(NCc3cccnc3-n3cncn3)n1)CCCC2. The molecule has 0 bridgehead atoms. The second-order valence-electron chi connectivity index (χ2n) is 6.58. The van der Waals surface area contributed by atoms with Crippen LogP contribution in [0.5, 0.6) is 0 Å². The summed E-state index contributed by atoms with van der Waals surface area (Å²) in [6.45, 7) is 0.610. The van der Waals surface area contributed by atoms with Crippen LogP contribution in [0.15, 0.2) is 31.0 Å². The largest absolute Gasteiger partial charge is 0.365 e. The molecule has 4 rings (SSSR count). The summed E-state index contributed by atoms with van der Waals surface area (Å²) in [6, 6.07) is 3.97. The molecule has 8 heteroatoms. The Kier molecular flexibility index (Phi) is 4.47. The zero-order valence-electron chi connectivity index (χ0n) is 15.1. The highest BCUT2D eigenvalue weighted by atomic mass is 15.3. The van der Waals surface area contributed by atoms with Gasteiger partial charge < -0.3 is 10.2 Å². The Morgan fingerprint density at radius 1 is 1.19 bits per heavy atom. The molecule has 0 fully saturated rings. The predicted octanol–water partition coefficient (Wildman–Crippen LogP) is 2.01. The van der Waals surface area contributed by atoms with Crippen LogP contribution in [-0.2, 0) is 19.4 Å². The van der Waals surface area contributed by atoms with Crippen molar-refractivity contribution < 1.29 is 0 Å². The first-order valence-electron chi connectivity index (χ1n) is 8.82. The summed E-state index contributed by atoms with van der Waals surface area (Å²) in [6.07, 6.45) is 9.34. The molecule has 0 spiro atoms. The minimum atomic E-state index is 0.610. The van der Waals surface area contributed by atoms with Crippen molar-refractivity contribution >= 4 is 11.8 Å². The van der Waals surface area contributed by atoms with E-state index in [1.165, 1.54) is 30.4 Å². The van der Waals surface area contributed by atoms with Crippen molar-refractivity contribution in [1.82, 2.24) is 29.7 Å². The highest BCUT2D eigenvalue weighted by Gasteiger charge is 2.19. The number of nitrogens with zero attached hydrogens (tertiary/aromatic N) is 7. The summed E-state index contributed by atoms with van der Waals surface area (Å²) < 4.78 is 1.68. The lowest BCUT2D eigenvalue weighted by Gasteiger charge is -2.22. The van der Waals surface area contributed by atoms with Gasteiger partial charge in [0.1, 0.15) is 18.5 Å². The molecule has 0 aliphatic heterocycles. The van der Waals surface area contributed by atoms with E-state index in [9.17, 15) is 0 Å². The third-order valence-corrected chi connectivity index (χ3v) is 4.52.